The summed E-state index contributed by atoms with van der Waals surface area (Å²) in [6.45, 7) is 0. The van der Waals surface area contributed by atoms with Crippen LogP contribution in [0.15, 0.2) is 249 Å². The van der Waals surface area contributed by atoms with Gasteiger partial charge in [0.2, 0.25) is 0 Å². The monoisotopic (exact) mass is 827 g/mol. The van der Waals surface area contributed by atoms with Crippen molar-refractivity contribution in [3.8, 4) is 78.7 Å². The molecule has 0 unspecified atom stereocenters. The molecule has 1 heterocycles. The van der Waals surface area contributed by atoms with Gasteiger partial charge in [-0.2, -0.15) is 0 Å². The molecule has 0 saturated carbocycles. The lowest BCUT2D eigenvalue weighted by molar-refractivity contribution is 0.769. The first-order chi connectivity index (χ1) is 32.2. The Morgan fingerprint density at radius 1 is 0.231 bits per heavy atom. The Hall–Kier alpha value is -8.53. The smallest absolute Gasteiger partial charge is 0.164 e. The first-order valence-corrected chi connectivity index (χ1v) is 22.2. The molecule has 0 saturated heterocycles. The molecule has 0 amide bonds. The molecule has 1 aromatic heterocycles. The van der Waals surface area contributed by atoms with Gasteiger partial charge in [-0.05, 0) is 95.7 Å². The molecule has 0 bridgehead atoms. The van der Waals surface area contributed by atoms with E-state index in [4.69, 9.17) is 15.0 Å². The second kappa shape index (κ2) is 16.0. The summed E-state index contributed by atoms with van der Waals surface area (Å²) >= 11 is 0. The van der Waals surface area contributed by atoms with Gasteiger partial charge >= 0.3 is 0 Å². The van der Waals surface area contributed by atoms with Gasteiger partial charge in [-0.1, -0.05) is 231 Å². The van der Waals surface area contributed by atoms with E-state index in [1.165, 1.54) is 55.3 Å². The number of hydrogen-bond donors (Lipinski definition) is 0. The molecule has 0 radical (unpaired) electrons. The van der Waals surface area contributed by atoms with Gasteiger partial charge in [0, 0.05) is 16.7 Å². The van der Waals surface area contributed by atoms with Crippen molar-refractivity contribution in [3.05, 3.63) is 271 Å². The van der Waals surface area contributed by atoms with Crippen LogP contribution in [0.5, 0.6) is 0 Å². The minimum absolute atomic E-state index is 0.486. The molecule has 0 spiro atoms. The van der Waals surface area contributed by atoms with Gasteiger partial charge in [0.1, 0.15) is 0 Å². The number of benzene rings is 10. The molecular weight excluding hydrogens is 787 g/mol. The summed E-state index contributed by atoms with van der Waals surface area (Å²) in [5.74, 6) is 1.87. The van der Waals surface area contributed by atoms with Gasteiger partial charge in [0.15, 0.2) is 17.5 Å². The molecule has 65 heavy (non-hydrogen) atoms. The Labute approximate surface area is 379 Å². The first-order valence-electron chi connectivity index (χ1n) is 22.2. The predicted molar refractivity (Wildman–Crippen MR) is 267 cm³/mol. The molecule has 1 aliphatic rings. The molecule has 304 valence electrons. The van der Waals surface area contributed by atoms with Crippen LogP contribution in [0.4, 0.5) is 0 Å². The summed E-state index contributed by atoms with van der Waals surface area (Å²) in [7, 11) is 0. The maximum Gasteiger partial charge on any atom is 0.164 e. The average molecular weight is 828 g/mol. The fourth-order valence-corrected chi connectivity index (χ4v) is 9.85. The average Bonchev–Trinajstić information content (AvgIpc) is 3.69. The van der Waals surface area contributed by atoms with Gasteiger partial charge in [-0.25, -0.2) is 15.0 Å². The van der Waals surface area contributed by atoms with Crippen LogP contribution in [0.1, 0.15) is 22.3 Å². The zero-order chi connectivity index (χ0) is 43.2. The number of rotatable bonds is 8. The number of nitrogens with zero attached hydrogens (tertiary/aromatic N) is 3. The van der Waals surface area contributed by atoms with Crippen LogP contribution >= 0.6 is 0 Å². The molecule has 3 heteroatoms. The Morgan fingerprint density at radius 3 is 1.31 bits per heavy atom. The Kier molecular flexibility index (Phi) is 9.39. The SMILES string of the molecule is c1ccc(-c2ccc(-c3nc(-c4ccc(-c5ccc6ccccc6c5)cc4)nc(-c4cccc(-c5ccc6c(c5)C(c5ccccc5)(c5ccccc5)c5ccccc5-6)c4)n3)cc2)cc1. The lowest BCUT2D eigenvalue weighted by Gasteiger charge is -2.34. The van der Waals surface area contributed by atoms with E-state index in [1.807, 2.05) is 6.07 Å². The van der Waals surface area contributed by atoms with Gasteiger partial charge in [0.25, 0.3) is 0 Å². The van der Waals surface area contributed by atoms with Crippen molar-refractivity contribution >= 4 is 10.8 Å². The van der Waals surface area contributed by atoms with Gasteiger partial charge in [0.05, 0.1) is 5.41 Å². The van der Waals surface area contributed by atoms with Gasteiger partial charge in [-0.3, -0.25) is 0 Å². The summed E-state index contributed by atoms with van der Waals surface area (Å²) in [6, 6.07) is 89.0. The minimum Gasteiger partial charge on any atom is -0.208 e. The van der Waals surface area contributed by atoms with E-state index in [9.17, 15) is 0 Å². The van der Waals surface area contributed by atoms with Crippen LogP contribution in [0.2, 0.25) is 0 Å². The molecule has 10 aromatic carbocycles. The molecule has 12 rings (SSSR count). The Bertz CT molecular complexity index is 3470. The van der Waals surface area contributed by atoms with Crippen molar-refractivity contribution in [1.82, 2.24) is 15.0 Å². The summed E-state index contributed by atoms with van der Waals surface area (Å²) in [4.78, 5) is 15.5. The third-order valence-electron chi connectivity index (χ3n) is 13.0. The van der Waals surface area contributed by atoms with Gasteiger partial charge in [-0.15, -0.1) is 0 Å². The molecule has 11 aromatic rings. The lowest BCUT2D eigenvalue weighted by atomic mass is 9.67. The third kappa shape index (κ3) is 6.73. The molecule has 0 N–H and O–H groups in total. The predicted octanol–water partition coefficient (Wildman–Crippen LogP) is 15.4. The van der Waals surface area contributed by atoms with Crippen LogP contribution in [0.25, 0.3) is 89.4 Å². The van der Waals surface area contributed by atoms with Crippen molar-refractivity contribution in [1.29, 1.82) is 0 Å². The van der Waals surface area contributed by atoms with Crippen molar-refractivity contribution in [2.24, 2.45) is 0 Å². The maximum absolute atomic E-state index is 5.21. The van der Waals surface area contributed by atoms with Crippen LogP contribution in [0, 0.1) is 0 Å². The molecule has 1 aliphatic carbocycles. The largest absolute Gasteiger partial charge is 0.208 e. The van der Waals surface area contributed by atoms with Crippen molar-refractivity contribution < 1.29 is 0 Å². The summed E-state index contributed by atoms with van der Waals surface area (Å²) in [5, 5.41) is 2.45. The van der Waals surface area contributed by atoms with E-state index in [2.05, 4.69) is 243 Å². The number of hydrogen-bond acceptors (Lipinski definition) is 3. The molecule has 0 fully saturated rings. The van der Waals surface area contributed by atoms with Crippen LogP contribution < -0.4 is 0 Å². The highest BCUT2D eigenvalue weighted by Crippen LogP contribution is 2.56. The fraction of sp³-hybridized carbons (Fsp3) is 0.0161. The second-order valence-electron chi connectivity index (χ2n) is 16.8. The Balaban J connectivity index is 0.972. The van der Waals surface area contributed by atoms with E-state index in [1.54, 1.807) is 0 Å². The quantitative estimate of drug-likeness (QED) is 0.153. The maximum atomic E-state index is 5.21. The summed E-state index contributed by atoms with van der Waals surface area (Å²) in [6.07, 6.45) is 0. The zero-order valence-electron chi connectivity index (χ0n) is 35.5. The first kappa shape index (κ1) is 38.2. The Morgan fingerprint density at radius 2 is 0.646 bits per heavy atom. The highest BCUT2D eigenvalue weighted by molar-refractivity contribution is 5.90. The summed E-state index contributed by atoms with van der Waals surface area (Å²) < 4.78 is 0. The van der Waals surface area contributed by atoms with E-state index in [0.717, 1.165) is 38.9 Å². The van der Waals surface area contributed by atoms with E-state index < -0.39 is 5.41 Å². The lowest BCUT2D eigenvalue weighted by Crippen LogP contribution is -2.28. The van der Waals surface area contributed by atoms with Crippen LogP contribution in [-0.2, 0) is 5.41 Å². The van der Waals surface area contributed by atoms with E-state index in [-0.39, 0.29) is 0 Å². The normalized spacial score (nSPS) is 12.4. The molecule has 3 nitrogen and oxygen atoms in total. The second-order valence-corrected chi connectivity index (χ2v) is 16.8. The van der Waals surface area contributed by atoms with Crippen molar-refractivity contribution in [2.45, 2.75) is 5.41 Å². The van der Waals surface area contributed by atoms with Gasteiger partial charge < -0.3 is 0 Å². The number of aromatic nitrogens is 3. The fourth-order valence-electron chi connectivity index (χ4n) is 9.85. The van der Waals surface area contributed by atoms with E-state index in [0.29, 0.717) is 17.5 Å². The van der Waals surface area contributed by atoms with Crippen molar-refractivity contribution in [2.75, 3.05) is 0 Å². The van der Waals surface area contributed by atoms with Crippen molar-refractivity contribution in [3.63, 3.8) is 0 Å². The van der Waals surface area contributed by atoms with Crippen LogP contribution in [-0.4, -0.2) is 15.0 Å². The molecule has 0 aliphatic heterocycles. The summed E-state index contributed by atoms with van der Waals surface area (Å²) in [5.41, 5.74) is 16.7. The topological polar surface area (TPSA) is 38.7 Å². The van der Waals surface area contributed by atoms with E-state index >= 15 is 0 Å². The number of fused-ring (bicyclic) bond motifs is 4. The molecular formula is C62H41N3. The highest BCUT2D eigenvalue weighted by Gasteiger charge is 2.46. The zero-order valence-corrected chi connectivity index (χ0v) is 35.5. The molecule has 0 atom stereocenters. The third-order valence-corrected chi connectivity index (χ3v) is 13.0. The standard InChI is InChI=1S/C62H41N3/c1-4-15-42(16-5-1)44-27-32-46(33-28-44)59-63-60(47-34-29-45(30-35-47)50-36-31-43-17-10-11-18-48(43)39-50)65-61(64-59)52-20-14-19-49(40-52)51-37-38-56-55-25-12-13-26-57(55)62(58(56)41-51,53-21-6-2-7-22-53)54-23-8-3-9-24-54/h1-41H. The highest BCUT2D eigenvalue weighted by atomic mass is 15.0. The minimum atomic E-state index is -0.486. The van der Waals surface area contributed by atoms with Crippen LogP contribution in [0.3, 0.4) is 0 Å².